The second-order valence-corrected chi connectivity index (χ2v) is 3.22. The maximum Gasteiger partial charge on any atom is 0.123 e. The van der Waals surface area contributed by atoms with Crippen LogP contribution in [0, 0.1) is 5.82 Å². The Kier molecular flexibility index (Phi) is 4.32. The van der Waals surface area contributed by atoms with Gasteiger partial charge in [0, 0.05) is 13.1 Å². The molecule has 0 aromatic heterocycles. The molecule has 0 unspecified atom stereocenters. The molecule has 1 aromatic carbocycles. The van der Waals surface area contributed by atoms with Crippen LogP contribution in [0.3, 0.4) is 0 Å². The first-order valence-corrected chi connectivity index (χ1v) is 4.41. The van der Waals surface area contributed by atoms with Gasteiger partial charge in [-0.05, 0) is 17.7 Å². The number of ether oxygens (including phenoxy) is 1. The van der Waals surface area contributed by atoms with Crippen molar-refractivity contribution in [3.05, 3.63) is 35.6 Å². The Balaban J connectivity index is 0.000000980. The summed E-state index contributed by atoms with van der Waals surface area (Å²) in [4.78, 5) is 0. The molecule has 14 heavy (non-hydrogen) atoms. The van der Waals surface area contributed by atoms with E-state index in [2.05, 4.69) is 5.32 Å². The molecule has 0 saturated carbocycles. The minimum Gasteiger partial charge on any atom is -0.371 e. The molecule has 1 saturated heterocycles. The molecule has 1 aliphatic rings. The lowest BCUT2D eigenvalue weighted by atomic mass is 10.2. The summed E-state index contributed by atoms with van der Waals surface area (Å²) < 4.78 is 18.2. The largest absolute Gasteiger partial charge is 0.371 e. The van der Waals surface area contributed by atoms with Crippen molar-refractivity contribution in [3.8, 4) is 0 Å². The topological polar surface area (TPSA) is 21.3 Å². The maximum atomic E-state index is 12.7. The third-order valence-electron chi connectivity index (χ3n) is 2.12. The van der Waals surface area contributed by atoms with Gasteiger partial charge in [0.15, 0.2) is 0 Å². The summed E-state index contributed by atoms with van der Waals surface area (Å²) in [5.41, 5.74) is 0.895. The number of nitrogens with one attached hydrogen (secondary N) is 1. The molecule has 0 aliphatic carbocycles. The molecule has 1 aliphatic heterocycles. The van der Waals surface area contributed by atoms with Crippen LogP contribution in [-0.2, 0) is 11.3 Å². The highest BCUT2D eigenvalue weighted by Gasteiger charge is 2.16. The van der Waals surface area contributed by atoms with Crippen molar-refractivity contribution < 1.29 is 9.13 Å². The van der Waals surface area contributed by atoms with Gasteiger partial charge in [-0.1, -0.05) is 12.1 Å². The van der Waals surface area contributed by atoms with Crippen LogP contribution in [0.2, 0.25) is 0 Å². The van der Waals surface area contributed by atoms with Crippen molar-refractivity contribution in [1.29, 1.82) is 0 Å². The molecule has 0 radical (unpaired) electrons. The fourth-order valence-corrected chi connectivity index (χ4v) is 1.22. The van der Waals surface area contributed by atoms with Crippen LogP contribution in [0.15, 0.2) is 24.3 Å². The van der Waals surface area contributed by atoms with Gasteiger partial charge in [-0.3, -0.25) is 0 Å². The van der Waals surface area contributed by atoms with Crippen molar-refractivity contribution >= 4 is 12.4 Å². The van der Waals surface area contributed by atoms with E-state index in [1.165, 1.54) is 12.1 Å². The molecule has 78 valence electrons. The van der Waals surface area contributed by atoms with E-state index in [1.807, 2.05) is 6.07 Å². The highest BCUT2D eigenvalue weighted by molar-refractivity contribution is 5.85. The summed E-state index contributed by atoms with van der Waals surface area (Å²) >= 11 is 0. The molecule has 1 N–H and O–H groups in total. The van der Waals surface area contributed by atoms with Crippen molar-refractivity contribution in [2.45, 2.75) is 12.7 Å². The van der Waals surface area contributed by atoms with Crippen LogP contribution in [0.1, 0.15) is 5.56 Å². The fraction of sp³-hybridized carbons (Fsp3) is 0.400. The molecule has 0 amide bonds. The lowest BCUT2D eigenvalue weighted by Gasteiger charge is -2.27. The number of benzene rings is 1. The summed E-state index contributed by atoms with van der Waals surface area (Å²) in [6.07, 6.45) is 0.309. The van der Waals surface area contributed by atoms with Gasteiger partial charge in [-0.15, -0.1) is 12.4 Å². The third kappa shape index (κ3) is 2.94. The number of hydrogen-bond acceptors (Lipinski definition) is 2. The molecule has 1 aromatic rings. The van der Waals surface area contributed by atoms with Crippen LogP contribution in [0.4, 0.5) is 4.39 Å². The Morgan fingerprint density at radius 3 is 2.79 bits per heavy atom. The van der Waals surface area contributed by atoms with E-state index in [-0.39, 0.29) is 18.2 Å². The summed E-state index contributed by atoms with van der Waals surface area (Å²) in [7, 11) is 0. The average Bonchev–Trinajstić information content (AvgIpc) is 2.01. The maximum absolute atomic E-state index is 12.7. The Labute approximate surface area is 88.9 Å². The van der Waals surface area contributed by atoms with Gasteiger partial charge in [-0.2, -0.15) is 0 Å². The number of hydrogen-bond donors (Lipinski definition) is 1. The smallest absolute Gasteiger partial charge is 0.123 e. The van der Waals surface area contributed by atoms with Gasteiger partial charge in [0.05, 0.1) is 12.7 Å². The predicted octanol–water partition coefficient (Wildman–Crippen LogP) is 1.74. The van der Waals surface area contributed by atoms with Gasteiger partial charge >= 0.3 is 0 Å². The van der Waals surface area contributed by atoms with Gasteiger partial charge in [0.25, 0.3) is 0 Å². The Bertz CT molecular complexity index is 291. The first kappa shape index (κ1) is 11.4. The van der Waals surface area contributed by atoms with Crippen molar-refractivity contribution in [3.63, 3.8) is 0 Å². The lowest BCUT2D eigenvalue weighted by molar-refractivity contribution is 0.00749. The average molecular weight is 218 g/mol. The predicted molar refractivity (Wildman–Crippen MR) is 55.1 cm³/mol. The second kappa shape index (κ2) is 5.29. The standard InChI is InChI=1S/C10H12FNO.ClH/c11-9-3-1-2-8(4-9)7-13-10-5-12-6-10;/h1-4,10,12H,5-7H2;1H. The number of halogens is 2. The molecule has 0 atom stereocenters. The van der Waals surface area contributed by atoms with Gasteiger partial charge in [-0.25, -0.2) is 4.39 Å². The monoisotopic (exact) mass is 217 g/mol. The van der Waals surface area contributed by atoms with Crippen molar-refractivity contribution in [1.82, 2.24) is 5.32 Å². The molecule has 4 heteroatoms. The molecular weight excluding hydrogens is 205 g/mol. The zero-order chi connectivity index (χ0) is 9.10. The van der Waals surface area contributed by atoms with Crippen LogP contribution < -0.4 is 5.32 Å². The SMILES string of the molecule is Cl.Fc1cccc(COC2CNC2)c1. The first-order valence-electron chi connectivity index (χ1n) is 4.41. The zero-order valence-corrected chi connectivity index (χ0v) is 8.52. The molecule has 2 rings (SSSR count). The molecule has 1 heterocycles. The van der Waals surface area contributed by atoms with Gasteiger partial charge < -0.3 is 10.1 Å². The molecule has 0 spiro atoms. The second-order valence-electron chi connectivity index (χ2n) is 3.22. The molecule has 1 fully saturated rings. The summed E-state index contributed by atoms with van der Waals surface area (Å²) in [5.74, 6) is -0.201. The highest BCUT2D eigenvalue weighted by atomic mass is 35.5. The van der Waals surface area contributed by atoms with E-state index in [0.717, 1.165) is 18.7 Å². The quantitative estimate of drug-likeness (QED) is 0.833. The van der Waals surface area contributed by atoms with Crippen molar-refractivity contribution in [2.75, 3.05) is 13.1 Å². The first-order chi connectivity index (χ1) is 6.34. The normalized spacial score (nSPS) is 15.8. The van der Waals surface area contributed by atoms with E-state index in [4.69, 9.17) is 4.74 Å². The zero-order valence-electron chi connectivity index (χ0n) is 7.70. The summed E-state index contributed by atoms with van der Waals surface area (Å²) in [6, 6.07) is 6.52. The number of rotatable bonds is 3. The Morgan fingerprint density at radius 2 is 2.21 bits per heavy atom. The van der Waals surface area contributed by atoms with E-state index in [0.29, 0.717) is 12.7 Å². The van der Waals surface area contributed by atoms with E-state index < -0.39 is 0 Å². The highest BCUT2D eigenvalue weighted by Crippen LogP contribution is 2.07. The Morgan fingerprint density at radius 1 is 1.43 bits per heavy atom. The summed E-state index contributed by atoms with van der Waals surface area (Å²) in [5, 5.41) is 3.11. The minimum atomic E-state index is -0.201. The van der Waals surface area contributed by atoms with Crippen LogP contribution >= 0.6 is 12.4 Å². The fourth-order valence-electron chi connectivity index (χ4n) is 1.22. The van der Waals surface area contributed by atoms with Gasteiger partial charge in [0.1, 0.15) is 5.82 Å². The molecule has 0 bridgehead atoms. The van der Waals surface area contributed by atoms with Crippen LogP contribution in [-0.4, -0.2) is 19.2 Å². The molecular formula is C10H13ClFNO. The Hall–Kier alpha value is -0.640. The van der Waals surface area contributed by atoms with Crippen LogP contribution in [0.5, 0.6) is 0 Å². The van der Waals surface area contributed by atoms with E-state index in [9.17, 15) is 4.39 Å². The van der Waals surface area contributed by atoms with E-state index in [1.54, 1.807) is 6.07 Å². The van der Waals surface area contributed by atoms with Gasteiger partial charge in [0.2, 0.25) is 0 Å². The molecule has 2 nitrogen and oxygen atoms in total. The van der Waals surface area contributed by atoms with Crippen molar-refractivity contribution in [2.24, 2.45) is 0 Å². The third-order valence-corrected chi connectivity index (χ3v) is 2.12. The van der Waals surface area contributed by atoms with Crippen LogP contribution in [0.25, 0.3) is 0 Å². The summed E-state index contributed by atoms with van der Waals surface area (Å²) in [6.45, 7) is 2.33. The minimum absolute atomic E-state index is 0. The van der Waals surface area contributed by atoms with E-state index >= 15 is 0 Å². The lowest BCUT2D eigenvalue weighted by Crippen LogP contribution is -2.48.